The van der Waals surface area contributed by atoms with Crippen LogP contribution in [0.3, 0.4) is 0 Å². The zero-order valence-electron chi connectivity index (χ0n) is 23.6. The van der Waals surface area contributed by atoms with Crippen molar-refractivity contribution >= 4 is 11.9 Å². The Morgan fingerprint density at radius 3 is 2.27 bits per heavy atom. The lowest BCUT2D eigenvalue weighted by Gasteiger charge is -2.55. The molecule has 0 unspecified atom stereocenters. The lowest BCUT2D eigenvalue weighted by molar-refractivity contribution is -0.176. The van der Waals surface area contributed by atoms with Gasteiger partial charge in [-0.25, -0.2) is 0 Å². The number of carbonyl (C=O) groups is 2. The molecular weight excluding hydrogens is 468 g/mol. The van der Waals surface area contributed by atoms with Gasteiger partial charge in [-0.3, -0.25) is 9.59 Å². The topological polar surface area (TPSA) is 93.1 Å². The van der Waals surface area contributed by atoms with Crippen LogP contribution < -0.4 is 0 Å². The Hall–Kier alpha value is -1.14. The average Bonchev–Trinajstić information content (AvgIpc) is 3.12. The second kappa shape index (κ2) is 12.4. The zero-order chi connectivity index (χ0) is 26.6. The highest BCUT2D eigenvalue weighted by molar-refractivity contribution is 5.71. The molecule has 6 nitrogen and oxygen atoms in total. The summed E-state index contributed by atoms with van der Waals surface area (Å²) in [6, 6.07) is 0. The first-order chi connectivity index (χ1) is 17.7. The van der Waals surface area contributed by atoms with Crippen LogP contribution in [0.4, 0.5) is 0 Å². The third kappa shape index (κ3) is 6.21. The largest absolute Gasteiger partial charge is 0.462 e. The van der Waals surface area contributed by atoms with Gasteiger partial charge in [0.15, 0.2) is 0 Å². The fourth-order valence-electron chi connectivity index (χ4n) is 8.67. The van der Waals surface area contributed by atoms with Crippen molar-refractivity contribution in [3.8, 4) is 0 Å². The van der Waals surface area contributed by atoms with Crippen molar-refractivity contribution in [1.29, 1.82) is 0 Å². The van der Waals surface area contributed by atoms with E-state index >= 15 is 0 Å². The van der Waals surface area contributed by atoms with Crippen molar-refractivity contribution in [2.75, 3.05) is 0 Å². The summed E-state index contributed by atoms with van der Waals surface area (Å²) in [4.78, 5) is 25.7. The first-order valence-electron chi connectivity index (χ1n) is 15.4. The second-order valence-electron chi connectivity index (χ2n) is 13.3. The van der Waals surface area contributed by atoms with E-state index in [-0.39, 0.29) is 46.8 Å². The molecule has 3 aliphatic carbocycles. The van der Waals surface area contributed by atoms with Crippen LogP contribution in [-0.2, 0) is 19.1 Å². The van der Waals surface area contributed by atoms with E-state index in [2.05, 4.69) is 20.8 Å². The van der Waals surface area contributed by atoms with E-state index in [0.29, 0.717) is 31.6 Å². The van der Waals surface area contributed by atoms with Crippen LogP contribution in [-0.4, -0.2) is 46.6 Å². The third-order valence-corrected chi connectivity index (χ3v) is 10.9. The summed E-state index contributed by atoms with van der Waals surface area (Å²) in [7, 11) is 0. The summed E-state index contributed by atoms with van der Waals surface area (Å²) >= 11 is 0. The normalized spacial score (nSPS) is 41.2. The molecule has 1 aliphatic heterocycles. The van der Waals surface area contributed by atoms with Gasteiger partial charge in [-0.05, 0) is 56.3 Å². The van der Waals surface area contributed by atoms with Crippen molar-refractivity contribution in [1.82, 2.24) is 0 Å². The van der Waals surface area contributed by atoms with E-state index in [4.69, 9.17) is 9.47 Å². The molecule has 0 aromatic heterocycles. The highest BCUT2D eigenvalue weighted by Gasteiger charge is 2.62. The molecule has 0 amide bonds. The van der Waals surface area contributed by atoms with Crippen LogP contribution in [0.1, 0.15) is 130 Å². The van der Waals surface area contributed by atoms with Gasteiger partial charge < -0.3 is 19.7 Å². The Balaban J connectivity index is 1.30. The van der Waals surface area contributed by atoms with Crippen LogP contribution in [0.15, 0.2) is 0 Å². The molecule has 212 valence electrons. The first-order valence-corrected chi connectivity index (χ1v) is 15.4. The van der Waals surface area contributed by atoms with Crippen molar-refractivity contribution in [2.24, 2.45) is 28.6 Å². The molecule has 3 saturated carbocycles. The maximum absolute atomic E-state index is 12.9. The predicted molar refractivity (Wildman–Crippen MR) is 143 cm³/mol. The highest BCUT2D eigenvalue weighted by Crippen LogP contribution is 2.63. The van der Waals surface area contributed by atoms with Crippen LogP contribution in [0.5, 0.6) is 0 Å². The molecule has 0 aromatic rings. The minimum absolute atomic E-state index is 0.0614. The van der Waals surface area contributed by atoms with Gasteiger partial charge in [0.1, 0.15) is 12.2 Å². The molecule has 1 heterocycles. The van der Waals surface area contributed by atoms with Crippen molar-refractivity contribution < 1.29 is 29.3 Å². The Bertz CT molecular complexity index is 784. The molecule has 9 atom stereocenters. The zero-order valence-corrected chi connectivity index (χ0v) is 23.6. The van der Waals surface area contributed by atoms with Crippen molar-refractivity contribution in [3.63, 3.8) is 0 Å². The lowest BCUT2D eigenvalue weighted by Crippen LogP contribution is -2.55. The molecule has 0 bridgehead atoms. The van der Waals surface area contributed by atoms with Gasteiger partial charge in [-0.1, -0.05) is 72.1 Å². The fraction of sp³-hybridized carbons (Fsp3) is 0.935. The van der Waals surface area contributed by atoms with Crippen LogP contribution in [0.2, 0.25) is 0 Å². The molecular formula is C31H52O6. The van der Waals surface area contributed by atoms with Gasteiger partial charge >= 0.3 is 11.9 Å². The molecule has 2 N–H and O–H groups in total. The quantitative estimate of drug-likeness (QED) is 0.253. The van der Waals surface area contributed by atoms with E-state index in [1.165, 1.54) is 44.9 Å². The summed E-state index contributed by atoms with van der Waals surface area (Å²) in [6.45, 7) is 6.67. The Morgan fingerprint density at radius 1 is 0.919 bits per heavy atom. The number of hydrogen-bond acceptors (Lipinski definition) is 6. The minimum atomic E-state index is -0.836. The second-order valence-corrected chi connectivity index (χ2v) is 13.3. The van der Waals surface area contributed by atoms with Gasteiger partial charge in [0, 0.05) is 30.1 Å². The standard InChI is InChI=1S/C31H52O6/c1-4-5-6-7-8-9-10-11-12-13-28(34)36-26-15-14-22-21-18-29(35)37-27-19-24(32)25(33)20-31(27,3)23(21)16-17-30(22,26)2/h21-27,32-33H,4-20H2,1-3H3/t21-,22-,23-,24-,25+,26-,27-,30-,31+/m0/s1. The lowest BCUT2D eigenvalue weighted by atomic mass is 9.50. The molecule has 0 spiro atoms. The van der Waals surface area contributed by atoms with Gasteiger partial charge in [-0.15, -0.1) is 0 Å². The number of rotatable bonds is 11. The number of hydrogen-bond donors (Lipinski definition) is 2. The van der Waals surface area contributed by atoms with E-state index in [1.807, 2.05) is 0 Å². The van der Waals surface area contributed by atoms with E-state index in [0.717, 1.165) is 38.5 Å². The maximum Gasteiger partial charge on any atom is 0.306 e. The van der Waals surface area contributed by atoms with Crippen molar-refractivity contribution in [2.45, 2.75) is 154 Å². The smallest absolute Gasteiger partial charge is 0.306 e. The van der Waals surface area contributed by atoms with E-state index in [1.54, 1.807) is 0 Å². The Labute approximate surface area is 224 Å². The number of fused-ring (bicyclic) bond motifs is 5. The number of aliphatic hydroxyl groups excluding tert-OH is 2. The van der Waals surface area contributed by atoms with Crippen LogP contribution >= 0.6 is 0 Å². The number of aliphatic hydroxyl groups is 2. The van der Waals surface area contributed by atoms with Crippen LogP contribution in [0.25, 0.3) is 0 Å². The van der Waals surface area contributed by atoms with Gasteiger partial charge in [0.25, 0.3) is 0 Å². The Kier molecular flexibility index (Phi) is 9.64. The van der Waals surface area contributed by atoms with Crippen molar-refractivity contribution in [3.05, 3.63) is 0 Å². The first kappa shape index (κ1) is 28.9. The van der Waals surface area contributed by atoms with E-state index < -0.39 is 12.2 Å². The summed E-state index contributed by atoms with van der Waals surface area (Å²) in [6.07, 6.45) is 14.5. The summed E-state index contributed by atoms with van der Waals surface area (Å²) < 4.78 is 12.0. The number of unbranched alkanes of at least 4 members (excludes halogenated alkanes) is 8. The van der Waals surface area contributed by atoms with Crippen LogP contribution in [0, 0.1) is 28.6 Å². The summed E-state index contributed by atoms with van der Waals surface area (Å²) in [5, 5.41) is 20.8. The summed E-state index contributed by atoms with van der Waals surface area (Å²) in [5.74, 6) is 0.505. The Morgan fingerprint density at radius 2 is 1.57 bits per heavy atom. The third-order valence-electron chi connectivity index (χ3n) is 10.9. The molecule has 37 heavy (non-hydrogen) atoms. The van der Waals surface area contributed by atoms with E-state index in [9.17, 15) is 19.8 Å². The van der Waals surface area contributed by atoms with Gasteiger partial charge in [0.05, 0.1) is 12.2 Å². The molecule has 6 heteroatoms. The average molecular weight is 521 g/mol. The molecule has 0 radical (unpaired) electrons. The minimum Gasteiger partial charge on any atom is -0.462 e. The number of carbonyl (C=O) groups excluding carboxylic acids is 2. The predicted octanol–water partition coefficient (Wildman–Crippen LogP) is 6.10. The molecule has 4 fully saturated rings. The monoisotopic (exact) mass is 520 g/mol. The molecule has 0 aromatic carbocycles. The summed E-state index contributed by atoms with van der Waals surface area (Å²) in [5.41, 5.74) is -0.444. The van der Waals surface area contributed by atoms with Gasteiger partial charge in [0.2, 0.25) is 0 Å². The molecule has 4 aliphatic rings. The SMILES string of the molecule is CCCCCCCCCCCC(=O)O[C@H]1CC[C@H]2[C@@H]3CC(=O)O[C@H]4C[C@H](O)[C@H](O)C[C@]4(C)[C@H]3CC[C@]12C. The number of esters is 2. The fourth-order valence-corrected chi connectivity index (χ4v) is 8.67. The maximum atomic E-state index is 12.9. The highest BCUT2D eigenvalue weighted by atomic mass is 16.5. The molecule has 1 saturated heterocycles. The van der Waals surface area contributed by atoms with Gasteiger partial charge in [-0.2, -0.15) is 0 Å². The number of ether oxygens (including phenoxy) is 2. The molecule has 4 rings (SSSR count).